The van der Waals surface area contributed by atoms with Crippen LogP contribution in [0.3, 0.4) is 0 Å². The maximum absolute atomic E-state index is 12.9. The predicted molar refractivity (Wildman–Crippen MR) is 110 cm³/mol. The van der Waals surface area contributed by atoms with E-state index >= 15 is 0 Å². The number of hydrogen-bond acceptors (Lipinski definition) is 7. The molecule has 0 bridgehead atoms. The summed E-state index contributed by atoms with van der Waals surface area (Å²) < 4.78 is 11.9. The van der Waals surface area contributed by atoms with Gasteiger partial charge >= 0.3 is 5.97 Å². The number of carbonyl (C=O) groups excluding carboxylic acids is 1. The lowest BCUT2D eigenvalue weighted by Crippen LogP contribution is -2.27. The fraction of sp³-hybridized carbons (Fsp3) is 0.143. The SMILES string of the molecule is COC(=O)Cn1c(SCc2ncc(-c3ccccc3)o2)nc2ccccc2c1=O. The summed E-state index contributed by atoms with van der Waals surface area (Å²) in [4.78, 5) is 33.5. The number of nitrogens with zero attached hydrogens (tertiary/aromatic N) is 3. The summed E-state index contributed by atoms with van der Waals surface area (Å²) in [6, 6.07) is 16.7. The maximum atomic E-state index is 12.9. The van der Waals surface area contributed by atoms with Crippen LogP contribution in [-0.4, -0.2) is 27.6 Å². The molecular weight excluding hydrogens is 390 g/mol. The van der Waals surface area contributed by atoms with Crippen LogP contribution >= 0.6 is 11.8 Å². The minimum Gasteiger partial charge on any atom is -0.468 e. The second-order valence-corrected chi connectivity index (χ2v) is 7.09. The van der Waals surface area contributed by atoms with Crippen LogP contribution in [0.1, 0.15) is 5.89 Å². The zero-order chi connectivity index (χ0) is 20.2. The van der Waals surface area contributed by atoms with E-state index in [2.05, 4.69) is 9.97 Å². The number of carbonyl (C=O) groups is 1. The van der Waals surface area contributed by atoms with Crippen LogP contribution in [0.5, 0.6) is 0 Å². The number of thioether (sulfide) groups is 1. The second kappa shape index (κ2) is 8.32. The molecule has 2 aromatic heterocycles. The number of methoxy groups -OCH3 is 1. The highest BCUT2D eigenvalue weighted by Crippen LogP contribution is 2.25. The monoisotopic (exact) mass is 407 g/mol. The zero-order valence-electron chi connectivity index (χ0n) is 15.6. The molecule has 0 saturated carbocycles. The predicted octanol–water partition coefficient (Wildman–Crippen LogP) is 3.52. The van der Waals surface area contributed by atoms with E-state index in [-0.39, 0.29) is 12.1 Å². The van der Waals surface area contributed by atoms with Gasteiger partial charge in [0.25, 0.3) is 5.56 Å². The van der Waals surface area contributed by atoms with Gasteiger partial charge in [-0.1, -0.05) is 54.2 Å². The lowest BCUT2D eigenvalue weighted by atomic mass is 10.2. The molecule has 2 heterocycles. The highest BCUT2D eigenvalue weighted by Gasteiger charge is 2.16. The van der Waals surface area contributed by atoms with Gasteiger partial charge in [-0.2, -0.15) is 0 Å². The third kappa shape index (κ3) is 4.07. The van der Waals surface area contributed by atoms with Crippen molar-refractivity contribution in [2.45, 2.75) is 17.5 Å². The summed E-state index contributed by atoms with van der Waals surface area (Å²) >= 11 is 1.28. The molecule has 0 unspecified atom stereocenters. The summed E-state index contributed by atoms with van der Waals surface area (Å²) in [5.41, 5.74) is 1.21. The van der Waals surface area contributed by atoms with Crippen molar-refractivity contribution in [3.8, 4) is 11.3 Å². The zero-order valence-corrected chi connectivity index (χ0v) is 16.4. The molecule has 146 valence electrons. The van der Waals surface area contributed by atoms with Gasteiger partial charge < -0.3 is 9.15 Å². The molecule has 0 amide bonds. The van der Waals surface area contributed by atoms with Gasteiger partial charge in [-0.3, -0.25) is 14.2 Å². The van der Waals surface area contributed by atoms with Gasteiger partial charge in [-0.15, -0.1) is 0 Å². The normalized spacial score (nSPS) is 10.9. The molecule has 8 heteroatoms. The van der Waals surface area contributed by atoms with Crippen molar-refractivity contribution in [1.29, 1.82) is 0 Å². The van der Waals surface area contributed by atoms with Crippen molar-refractivity contribution >= 4 is 28.6 Å². The number of aromatic nitrogens is 3. The van der Waals surface area contributed by atoms with E-state index in [0.717, 1.165) is 5.56 Å². The van der Waals surface area contributed by atoms with Crippen LogP contribution in [0, 0.1) is 0 Å². The number of benzene rings is 2. The maximum Gasteiger partial charge on any atom is 0.325 e. The molecule has 0 atom stereocenters. The van der Waals surface area contributed by atoms with Crippen LogP contribution in [0.4, 0.5) is 0 Å². The standard InChI is InChI=1S/C21H17N3O4S/c1-27-19(25)12-24-20(26)15-9-5-6-10-16(15)23-21(24)29-13-18-22-11-17(28-18)14-7-3-2-4-8-14/h2-11H,12-13H2,1H3. The summed E-state index contributed by atoms with van der Waals surface area (Å²) in [6.45, 7) is -0.212. The quantitative estimate of drug-likeness (QED) is 0.275. The summed E-state index contributed by atoms with van der Waals surface area (Å²) in [5, 5.41) is 0.849. The number of hydrogen-bond donors (Lipinski definition) is 0. The van der Waals surface area contributed by atoms with E-state index < -0.39 is 5.97 Å². The first-order chi connectivity index (χ1) is 14.2. The average Bonchev–Trinajstić information content (AvgIpc) is 3.24. The first-order valence-electron chi connectivity index (χ1n) is 8.85. The molecule has 0 spiro atoms. The lowest BCUT2D eigenvalue weighted by Gasteiger charge is -2.11. The molecule has 0 aliphatic heterocycles. The molecule has 4 aromatic rings. The Bertz CT molecular complexity index is 1220. The fourth-order valence-electron chi connectivity index (χ4n) is 2.83. The molecule has 0 N–H and O–H groups in total. The van der Waals surface area contributed by atoms with Crippen molar-refractivity contribution in [2.75, 3.05) is 7.11 Å². The molecule has 2 aromatic carbocycles. The van der Waals surface area contributed by atoms with E-state index in [9.17, 15) is 9.59 Å². The summed E-state index contributed by atoms with van der Waals surface area (Å²) in [7, 11) is 1.28. The molecule has 0 aliphatic rings. The van der Waals surface area contributed by atoms with Gasteiger partial charge in [0.1, 0.15) is 6.54 Å². The Labute approximate surface area is 170 Å². The topological polar surface area (TPSA) is 87.2 Å². The average molecular weight is 407 g/mol. The largest absolute Gasteiger partial charge is 0.468 e. The molecular formula is C21H17N3O4S. The molecule has 0 saturated heterocycles. The lowest BCUT2D eigenvalue weighted by molar-refractivity contribution is -0.141. The van der Waals surface area contributed by atoms with Crippen LogP contribution in [0.15, 0.2) is 75.2 Å². The number of esters is 1. The van der Waals surface area contributed by atoms with Gasteiger partial charge in [-0.25, -0.2) is 9.97 Å². The highest BCUT2D eigenvalue weighted by atomic mass is 32.2. The van der Waals surface area contributed by atoms with Gasteiger partial charge in [0, 0.05) is 5.56 Å². The first-order valence-corrected chi connectivity index (χ1v) is 9.83. The van der Waals surface area contributed by atoms with E-state index in [0.29, 0.717) is 33.5 Å². The van der Waals surface area contributed by atoms with Gasteiger partial charge in [-0.05, 0) is 12.1 Å². The number of rotatable bonds is 6. The Morgan fingerprint density at radius 2 is 1.90 bits per heavy atom. The molecule has 0 radical (unpaired) electrons. The molecule has 7 nitrogen and oxygen atoms in total. The first kappa shape index (κ1) is 18.9. The van der Waals surface area contributed by atoms with Crippen LogP contribution in [0.2, 0.25) is 0 Å². The van der Waals surface area contributed by atoms with Crippen molar-refractivity contribution < 1.29 is 13.9 Å². The highest BCUT2D eigenvalue weighted by molar-refractivity contribution is 7.98. The van der Waals surface area contributed by atoms with Crippen molar-refractivity contribution in [2.24, 2.45) is 0 Å². The number of fused-ring (bicyclic) bond motifs is 1. The Morgan fingerprint density at radius 1 is 1.14 bits per heavy atom. The molecule has 0 fully saturated rings. The van der Waals surface area contributed by atoms with E-state index in [4.69, 9.17) is 9.15 Å². The van der Waals surface area contributed by atoms with Crippen LogP contribution in [-0.2, 0) is 21.8 Å². The number of para-hydroxylation sites is 1. The van der Waals surface area contributed by atoms with E-state index in [1.165, 1.54) is 23.4 Å². The third-order valence-corrected chi connectivity index (χ3v) is 5.24. The van der Waals surface area contributed by atoms with Crippen molar-refractivity contribution in [3.05, 3.63) is 77.0 Å². The molecule has 0 aliphatic carbocycles. The third-order valence-electron chi connectivity index (χ3n) is 4.28. The fourth-order valence-corrected chi connectivity index (χ4v) is 3.68. The minimum absolute atomic E-state index is 0.212. The second-order valence-electron chi connectivity index (χ2n) is 6.15. The Hall–Kier alpha value is -3.39. The number of ether oxygens (including phenoxy) is 1. The summed E-state index contributed by atoms with van der Waals surface area (Å²) in [6.07, 6.45) is 1.67. The van der Waals surface area contributed by atoms with Crippen LogP contribution < -0.4 is 5.56 Å². The van der Waals surface area contributed by atoms with E-state index in [1.54, 1.807) is 24.4 Å². The van der Waals surface area contributed by atoms with Gasteiger partial charge in [0.2, 0.25) is 5.89 Å². The number of oxazole rings is 1. The Morgan fingerprint density at radius 3 is 2.69 bits per heavy atom. The van der Waals surface area contributed by atoms with Crippen LogP contribution in [0.25, 0.3) is 22.2 Å². The summed E-state index contributed by atoms with van der Waals surface area (Å²) in [5.74, 6) is 1.01. The van der Waals surface area contributed by atoms with E-state index in [1.807, 2.05) is 36.4 Å². The Kier molecular flexibility index (Phi) is 5.44. The van der Waals surface area contributed by atoms with Gasteiger partial charge in [0.15, 0.2) is 10.9 Å². The van der Waals surface area contributed by atoms with Crippen molar-refractivity contribution in [3.63, 3.8) is 0 Å². The smallest absolute Gasteiger partial charge is 0.325 e. The Balaban J connectivity index is 1.63. The van der Waals surface area contributed by atoms with Gasteiger partial charge in [0.05, 0.1) is 30.0 Å². The minimum atomic E-state index is -0.520. The molecule has 29 heavy (non-hydrogen) atoms. The van der Waals surface area contributed by atoms with Crippen molar-refractivity contribution in [1.82, 2.24) is 14.5 Å². The molecule has 4 rings (SSSR count).